The summed E-state index contributed by atoms with van der Waals surface area (Å²) in [6, 6.07) is 8.84. The van der Waals surface area contributed by atoms with E-state index in [9.17, 15) is 4.79 Å². The third-order valence-electron chi connectivity index (χ3n) is 3.55. The number of hydrogen-bond donors (Lipinski definition) is 1. The molecule has 0 saturated heterocycles. The van der Waals surface area contributed by atoms with Crippen molar-refractivity contribution in [2.24, 2.45) is 0 Å². The van der Waals surface area contributed by atoms with Gasteiger partial charge in [-0.25, -0.2) is 0 Å². The van der Waals surface area contributed by atoms with E-state index < -0.39 is 0 Å². The maximum absolute atomic E-state index is 12.6. The minimum absolute atomic E-state index is 0.144. The first-order valence-electron chi connectivity index (χ1n) is 7.49. The van der Waals surface area contributed by atoms with Crippen molar-refractivity contribution in [1.82, 2.24) is 0 Å². The summed E-state index contributed by atoms with van der Waals surface area (Å²) in [4.78, 5) is 12.6. The molecule has 0 radical (unpaired) electrons. The summed E-state index contributed by atoms with van der Waals surface area (Å²) in [6.07, 6.45) is 2.89. The Morgan fingerprint density at radius 3 is 2.64 bits per heavy atom. The summed E-state index contributed by atoms with van der Waals surface area (Å²) in [7, 11) is 1.60. The van der Waals surface area contributed by atoms with Gasteiger partial charge in [-0.05, 0) is 24.3 Å². The van der Waals surface area contributed by atoms with Gasteiger partial charge in [0.2, 0.25) is 0 Å². The first-order valence-corrected chi connectivity index (χ1v) is 8.25. The average molecular weight is 380 g/mol. The van der Waals surface area contributed by atoms with Crippen LogP contribution < -0.4 is 19.5 Å². The second kappa shape index (κ2) is 7.68. The van der Waals surface area contributed by atoms with Gasteiger partial charge in [-0.15, -0.1) is 0 Å². The summed E-state index contributed by atoms with van der Waals surface area (Å²) in [6.45, 7) is 0.743. The molecule has 0 aromatic heterocycles. The highest BCUT2D eigenvalue weighted by atomic mass is 35.5. The molecule has 130 valence electrons. The normalized spacial score (nSPS) is 12.9. The molecule has 0 fully saturated rings. The molecule has 0 bridgehead atoms. The van der Waals surface area contributed by atoms with Gasteiger partial charge >= 0.3 is 0 Å². The Balaban J connectivity index is 1.79. The lowest BCUT2D eigenvalue weighted by Crippen LogP contribution is -2.18. The number of rotatable bonds is 5. The Hall–Kier alpha value is -2.37. The molecule has 2 aromatic rings. The fraction of sp³-hybridized carbons (Fsp3) is 0.167. The highest BCUT2D eigenvalue weighted by Gasteiger charge is 2.25. The van der Waals surface area contributed by atoms with E-state index >= 15 is 0 Å². The van der Waals surface area contributed by atoms with Crippen molar-refractivity contribution in [2.45, 2.75) is 0 Å². The molecule has 0 spiro atoms. The zero-order chi connectivity index (χ0) is 17.8. The molecule has 0 aliphatic carbocycles. The van der Waals surface area contributed by atoms with E-state index in [2.05, 4.69) is 5.32 Å². The number of methoxy groups -OCH3 is 1. The van der Waals surface area contributed by atoms with Crippen LogP contribution in [0.3, 0.4) is 0 Å². The molecule has 1 heterocycles. The number of halogens is 2. The second-order valence-corrected chi connectivity index (χ2v) is 5.93. The Labute approximate surface area is 155 Å². The molecule has 3 rings (SSSR count). The lowest BCUT2D eigenvalue weighted by atomic mass is 10.1. The molecule has 1 aliphatic rings. The van der Waals surface area contributed by atoms with Gasteiger partial charge in [-0.3, -0.25) is 4.79 Å². The maximum atomic E-state index is 12.6. The van der Waals surface area contributed by atoms with Crippen LogP contribution in [0.2, 0.25) is 10.0 Å². The Bertz CT molecular complexity index is 819. The zero-order valence-electron chi connectivity index (χ0n) is 13.3. The lowest BCUT2D eigenvalue weighted by molar-refractivity contribution is 0.103. The molecule has 1 aliphatic heterocycles. The number of anilines is 1. The largest absolute Gasteiger partial charge is 0.497 e. The molecule has 5 nitrogen and oxygen atoms in total. The van der Waals surface area contributed by atoms with E-state index in [0.717, 1.165) is 11.4 Å². The molecule has 7 heteroatoms. The molecule has 25 heavy (non-hydrogen) atoms. The monoisotopic (exact) mass is 379 g/mol. The van der Waals surface area contributed by atoms with Crippen molar-refractivity contribution in [1.29, 1.82) is 0 Å². The van der Waals surface area contributed by atoms with E-state index in [1.165, 1.54) is 12.3 Å². The van der Waals surface area contributed by atoms with E-state index in [1.807, 2.05) is 24.3 Å². The minimum Gasteiger partial charge on any atom is -0.497 e. The number of carbonyl (C=O) groups is 1. The van der Waals surface area contributed by atoms with E-state index in [0.29, 0.717) is 24.7 Å². The lowest BCUT2D eigenvalue weighted by Gasteiger charge is -2.21. The first-order chi connectivity index (χ1) is 12.1. The van der Waals surface area contributed by atoms with Gasteiger partial charge in [0, 0.05) is 24.0 Å². The maximum Gasteiger partial charge on any atom is 0.192 e. The molecule has 1 N–H and O–H groups in total. The van der Waals surface area contributed by atoms with Gasteiger partial charge in [0.1, 0.15) is 19.0 Å². The number of benzene rings is 2. The van der Waals surface area contributed by atoms with Gasteiger partial charge < -0.3 is 19.5 Å². The van der Waals surface area contributed by atoms with Crippen LogP contribution in [0.4, 0.5) is 5.69 Å². The number of fused-ring (bicyclic) bond motifs is 1. The summed E-state index contributed by atoms with van der Waals surface area (Å²) in [5.74, 6) is 1.15. The number of ketones is 1. The number of nitrogens with one attached hydrogen (secondary N) is 1. The fourth-order valence-corrected chi connectivity index (χ4v) is 2.76. The summed E-state index contributed by atoms with van der Waals surface area (Å²) in [5.41, 5.74) is 1.00. The number of carbonyl (C=O) groups excluding carboxylic acids is 1. The van der Waals surface area contributed by atoms with Crippen molar-refractivity contribution in [3.8, 4) is 17.2 Å². The second-order valence-electron chi connectivity index (χ2n) is 5.14. The van der Waals surface area contributed by atoms with Gasteiger partial charge in [-0.1, -0.05) is 23.2 Å². The predicted octanol–water partition coefficient (Wildman–Crippen LogP) is 4.58. The van der Waals surface area contributed by atoms with Crippen LogP contribution >= 0.6 is 23.2 Å². The van der Waals surface area contributed by atoms with Crippen molar-refractivity contribution in [3.05, 3.63) is 58.2 Å². The fourth-order valence-electron chi connectivity index (χ4n) is 2.34. The standard InChI is InChI=1S/C18H15Cl2NO4/c1-23-12-4-2-11(3-5-12)21-7-6-14(22)16-17(20)13(19)10-15-18(16)25-9-8-24-15/h2-7,10,21H,8-9H2,1H3. The third-order valence-corrected chi connectivity index (χ3v) is 4.33. The summed E-state index contributed by atoms with van der Waals surface area (Å²) < 4.78 is 16.1. The predicted molar refractivity (Wildman–Crippen MR) is 97.5 cm³/mol. The van der Waals surface area contributed by atoms with E-state index in [4.69, 9.17) is 37.4 Å². The Kier molecular flexibility index (Phi) is 5.36. The van der Waals surface area contributed by atoms with Crippen LogP contribution in [0.25, 0.3) is 0 Å². The molecule has 0 atom stereocenters. The van der Waals surface area contributed by atoms with Gasteiger partial charge in [0.25, 0.3) is 0 Å². The highest BCUT2D eigenvalue weighted by molar-refractivity contribution is 6.44. The van der Waals surface area contributed by atoms with Gasteiger partial charge in [0.05, 0.1) is 22.7 Å². The Morgan fingerprint density at radius 1 is 1.20 bits per heavy atom. The SMILES string of the molecule is COc1ccc(NC=CC(=O)c2c(Cl)c(Cl)cc3c2OCCO3)cc1. The van der Waals surface area contributed by atoms with E-state index in [-0.39, 0.29) is 21.4 Å². The highest BCUT2D eigenvalue weighted by Crippen LogP contribution is 2.42. The zero-order valence-corrected chi connectivity index (χ0v) is 14.9. The van der Waals surface area contributed by atoms with Crippen molar-refractivity contribution in [3.63, 3.8) is 0 Å². The van der Waals surface area contributed by atoms with Crippen LogP contribution in [-0.2, 0) is 0 Å². The van der Waals surface area contributed by atoms with Crippen molar-refractivity contribution < 1.29 is 19.0 Å². The van der Waals surface area contributed by atoms with Gasteiger partial charge in [-0.2, -0.15) is 0 Å². The molecule has 0 amide bonds. The smallest absolute Gasteiger partial charge is 0.192 e. The molecule has 0 unspecified atom stereocenters. The average Bonchev–Trinajstić information content (AvgIpc) is 2.63. The number of ether oxygens (including phenoxy) is 3. The first kappa shape index (κ1) is 17.5. The van der Waals surface area contributed by atoms with E-state index in [1.54, 1.807) is 13.2 Å². The van der Waals surface area contributed by atoms with Gasteiger partial charge in [0.15, 0.2) is 17.3 Å². The van der Waals surface area contributed by atoms with Crippen LogP contribution in [0, 0.1) is 0 Å². The van der Waals surface area contributed by atoms with Crippen molar-refractivity contribution in [2.75, 3.05) is 25.6 Å². The van der Waals surface area contributed by atoms with Crippen LogP contribution in [-0.4, -0.2) is 26.1 Å². The number of hydrogen-bond acceptors (Lipinski definition) is 5. The number of allylic oxidation sites excluding steroid dienone is 1. The summed E-state index contributed by atoms with van der Waals surface area (Å²) in [5, 5.41) is 3.39. The topological polar surface area (TPSA) is 56.8 Å². The van der Waals surface area contributed by atoms with Crippen LogP contribution in [0.15, 0.2) is 42.6 Å². The molecule has 0 saturated carbocycles. The quantitative estimate of drug-likeness (QED) is 0.608. The Morgan fingerprint density at radius 2 is 1.92 bits per heavy atom. The van der Waals surface area contributed by atoms with Crippen molar-refractivity contribution >= 4 is 34.7 Å². The van der Waals surface area contributed by atoms with Crippen LogP contribution in [0.1, 0.15) is 10.4 Å². The molecule has 2 aromatic carbocycles. The third kappa shape index (κ3) is 3.83. The van der Waals surface area contributed by atoms with Crippen LogP contribution in [0.5, 0.6) is 17.2 Å². The molecular formula is C18H15Cl2NO4. The minimum atomic E-state index is -0.338. The summed E-state index contributed by atoms with van der Waals surface area (Å²) >= 11 is 12.3. The molecular weight excluding hydrogens is 365 g/mol.